The number of amides is 1. The SMILES string of the molecule is O=C(NNC(=S)NCCCc1ccccc1)c1cccc(I)c1. The van der Waals surface area contributed by atoms with E-state index in [0.717, 1.165) is 23.0 Å². The molecule has 120 valence electrons. The standard InChI is InChI=1S/C17H18IN3OS/c18-15-10-4-9-14(12-15)16(22)20-21-17(23)19-11-5-8-13-6-2-1-3-7-13/h1-4,6-7,9-10,12H,5,8,11H2,(H,20,22)(H2,19,21,23). The third kappa shape index (κ3) is 6.54. The molecule has 0 bridgehead atoms. The highest BCUT2D eigenvalue weighted by Gasteiger charge is 2.05. The maximum Gasteiger partial charge on any atom is 0.269 e. The molecule has 2 aromatic rings. The number of benzene rings is 2. The van der Waals surface area contributed by atoms with Crippen LogP contribution in [-0.4, -0.2) is 17.6 Å². The van der Waals surface area contributed by atoms with Gasteiger partial charge in [0.25, 0.3) is 5.91 Å². The van der Waals surface area contributed by atoms with Crippen molar-refractivity contribution in [1.82, 2.24) is 16.2 Å². The first-order valence-corrected chi connectivity index (χ1v) is 8.77. The highest BCUT2D eigenvalue weighted by Crippen LogP contribution is 2.07. The van der Waals surface area contributed by atoms with Gasteiger partial charge in [-0.2, -0.15) is 0 Å². The average Bonchev–Trinajstić information content (AvgIpc) is 2.57. The lowest BCUT2D eigenvalue weighted by Crippen LogP contribution is -2.47. The van der Waals surface area contributed by atoms with Gasteiger partial charge in [-0.05, 0) is 71.4 Å². The molecule has 0 unspecified atom stereocenters. The van der Waals surface area contributed by atoms with E-state index < -0.39 is 0 Å². The third-order valence-electron chi connectivity index (χ3n) is 3.15. The van der Waals surface area contributed by atoms with Crippen LogP contribution in [-0.2, 0) is 6.42 Å². The number of carbonyl (C=O) groups excluding carboxylic acids is 1. The van der Waals surface area contributed by atoms with Gasteiger partial charge in [0.15, 0.2) is 5.11 Å². The van der Waals surface area contributed by atoms with Crippen LogP contribution < -0.4 is 16.2 Å². The molecule has 0 aromatic heterocycles. The first-order valence-electron chi connectivity index (χ1n) is 7.29. The summed E-state index contributed by atoms with van der Waals surface area (Å²) in [7, 11) is 0. The largest absolute Gasteiger partial charge is 0.361 e. The van der Waals surface area contributed by atoms with Crippen molar-refractivity contribution in [3.63, 3.8) is 0 Å². The number of carbonyl (C=O) groups is 1. The van der Waals surface area contributed by atoms with Crippen LogP contribution in [0.5, 0.6) is 0 Å². The van der Waals surface area contributed by atoms with E-state index in [2.05, 4.69) is 50.9 Å². The minimum Gasteiger partial charge on any atom is -0.361 e. The molecule has 2 rings (SSSR count). The van der Waals surface area contributed by atoms with Gasteiger partial charge in [0.05, 0.1) is 0 Å². The number of thiocarbonyl (C=S) groups is 1. The van der Waals surface area contributed by atoms with E-state index in [4.69, 9.17) is 12.2 Å². The molecule has 0 atom stereocenters. The highest BCUT2D eigenvalue weighted by atomic mass is 127. The Morgan fingerprint density at radius 2 is 1.83 bits per heavy atom. The van der Waals surface area contributed by atoms with Crippen LogP contribution in [0.4, 0.5) is 0 Å². The van der Waals surface area contributed by atoms with Gasteiger partial charge in [-0.1, -0.05) is 36.4 Å². The fourth-order valence-corrected chi connectivity index (χ4v) is 2.69. The maximum absolute atomic E-state index is 12.0. The Labute approximate surface area is 155 Å². The van der Waals surface area contributed by atoms with Gasteiger partial charge < -0.3 is 5.32 Å². The fraction of sp³-hybridized carbons (Fsp3) is 0.176. The summed E-state index contributed by atoms with van der Waals surface area (Å²) in [5, 5.41) is 3.49. The smallest absolute Gasteiger partial charge is 0.269 e. The lowest BCUT2D eigenvalue weighted by Gasteiger charge is -2.11. The van der Waals surface area contributed by atoms with Gasteiger partial charge in [0.2, 0.25) is 0 Å². The molecule has 0 radical (unpaired) electrons. The minimum atomic E-state index is -0.211. The van der Waals surface area contributed by atoms with Crippen molar-refractivity contribution in [3.05, 3.63) is 69.3 Å². The second-order valence-corrected chi connectivity index (χ2v) is 6.59. The molecule has 0 saturated heterocycles. The summed E-state index contributed by atoms with van der Waals surface area (Å²) in [5.41, 5.74) is 7.21. The Kier molecular flexibility index (Phi) is 7.28. The van der Waals surface area contributed by atoms with Crippen molar-refractivity contribution in [2.45, 2.75) is 12.8 Å². The highest BCUT2D eigenvalue weighted by molar-refractivity contribution is 14.1. The Morgan fingerprint density at radius 1 is 1.04 bits per heavy atom. The van der Waals surface area contributed by atoms with E-state index >= 15 is 0 Å². The topological polar surface area (TPSA) is 53.2 Å². The molecule has 2 aromatic carbocycles. The van der Waals surface area contributed by atoms with E-state index in [9.17, 15) is 4.79 Å². The van der Waals surface area contributed by atoms with Gasteiger partial charge in [0.1, 0.15) is 0 Å². The second kappa shape index (κ2) is 9.46. The zero-order valence-corrected chi connectivity index (χ0v) is 15.5. The molecule has 1 amide bonds. The lowest BCUT2D eigenvalue weighted by atomic mass is 10.1. The number of aryl methyl sites for hydroxylation is 1. The molecule has 0 saturated carbocycles. The van der Waals surface area contributed by atoms with Crippen molar-refractivity contribution in [3.8, 4) is 0 Å². The predicted octanol–water partition coefficient (Wildman–Crippen LogP) is 3.03. The van der Waals surface area contributed by atoms with Crippen molar-refractivity contribution in [1.29, 1.82) is 0 Å². The third-order valence-corrected chi connectivity index (χ3v) is 4.06. The molecule has 0 fully saturated rings. The number of hydrogen-bond acceptors (Lipinski definition) is 2. The molecular weight excluding hydrogens is 421 g/mol. The quantitative estimate of drug-likeness (QED) is 0.290. The van der Waals surface area contributed by atoms with Crippen LogP contribution in [0.1, 0.15) is 22.3 Å². The Bertz CT molecular complexity index is 664. The van der Waals surface area contributed by atoms with Crippen molar-refractivity contribution < 1.29 is 4.79 Å². The number of halogens is 1. The monoisotopic (exact) mass is 439 g/mol. The summed E-state index contributed by atoms with van der Waals surface area (Å²) in [5.74, 6) is -0.211. The van der Waals surface area contributed by atoms with Gasteiger partial charge in [-0.15, -0.1) is 0 Å². The summed E-state index contributed by atoms with van der Waals surface area (Å²) in [4.78, 5) is 12.0. The summed E-state index contributed by atoms with van der Waals surface area (Å²) < 4.78 is 1.01. The van der Waals surface area contributed by atoms with E-state index in [1.54, 1.807) is 6.07 Å². The molecule has 4 nitrogen and oxygen atoms in total. The van der Waals surface area contributed by atoms with E-state index in [1.807, 2.05) is 36.4 Å². The molecule has 23 heavy (non-hydrogen) atoms. The average molecular weight is 439 g/mol. The normalized spacial score (nSPS) is 9.96. The minimum absolute atomic E-state index is 0.211. The Hall–Kier alpha value is -1.67. The van der Waals surface area contributed by atoms with Crippen LogP contribution >= 0.6 is 34.8 Å². The number of rotatable bonds is 5. The summed E-state index contributed by atoms with van der Waals surface area (Å²) in [6, 6.07) is 17.7. The number of nitrogens with one attached hydrogen (secondary N) is 3. The van der Waals surface area contributed by atoms with Crippen LogP contribution in [0.25, 0.3) is 0 Å². The van der Waals surface area contributed by atoms with Gasteiger partial charge in [-0.3, -0.25) is 15.6 Å². The first-order chi connectivity index (χ1) is 11.1. The van der Waals surface area contributed by atoms with Crippen LogP contribution in [0.3, 0.4) is 0 Å². The van der Waals surface area contributed by atoms with Crippen LogP contribution in [0.2, 0.25) is 0 Å². The van der Waals surface area contributed by atoms with Crippen molar-refractivity contribution in [2.24, 2.45) is 0 Å². The number of hydrogen-bond donors (Lipinski definition) is 3. The summed E-state index contributed by atoms with van der Waals surface area (Å²) >= 11 is 7.31. The van der Waals surface area contributed by atoms with E-state index in [1.165, 1.54) is 5.56 Å². The second-order valence-electron chi connectivity index (χ2n) is 4.93. The van der Waals surface area contributed by atoms with E-state index in [-0.39, 0.29) is 5.91 Å². The van der Waals surface area contributed by atoms with Crippen molar-refractivity contribution in [2.75, 3.05) is 6.54 Å². The fourth-order valence-electron chi connectivity index (χ4n) is 2.00. The van der Waals surface area contributed by atoms with E-state index in [0.29, 0.717) is 10.7 Å². The molecule has 0 aliphatic carbocycles. The molecule has 6 heteroatoms. The predicted molar refractivity (Wildman–Crippen MR) is 105 cm³/mol. The Balaban J connectivity index is 1.64. The summed E-state index contributed by atoms with van der Waals surface area (Å²) in [6.07, 6.45) is 1.96. The van der Waals surface area contributed by atoms with Gasteiger partial charge in [-0.25, -0.2) is 0 Å². The molecule has 0 aliphatic heterocycles. The zero-order chi connectivity index (χ0) is 16.5. The lowest BCUT2D eigenvalue weighted by molar-refractivity contribution is 0.0943. The number of hydrazine groups is 1. The van der Waals surface area contributed by atoms with Crippen LogP contribution in [0.15, 0.2) is 54.6 Å². The molecular formula is C17H18IN3OS. The Morgan fingerprint density at radius 3 is 2.57 bits per heavy atom. The van der Waals surface area contributed by atoms with Crippen molar-refractivity contribution >= 4 is 45.8 Å². The zero-order valence-electron chi connectivity index (χ0n) is 12.5. The van der Waals surface area contributed by atoms with Gasteiger partial charge >= 0.3 is 0 Å². The molecule has 0 aliphatic rings. The van der Waals surface area contributed by atoms with Crippen LogP contribution in [0, 0.1) is 3.57 Å². The summed E-state index contributed by atoms with van der Waals surface area (Å²) in [6.45, 7) is 0.750. The maximum atomic E-state index is 12.0. The van der Waals surface area contributed by atoms with Gasteiger partial charge in [0, 0.05) is 15.7 Å². The first kappa shape index (κ1) is 17.7. The molecule has 0 spiro atoms. The molecule has 3 N–H and O–H groups in total. The molecule has 0 heterocycles.